The van der Waals surface area contributed by atoms with Crippen LogP contribution in [-0.2, 0) is 37.9 Å². The van der Waals surface area contributed by atoms with Crippen LogP contribution in [0, 0.1) is 0 Å². The van der Waals surface area contributed by atoms with Gasteiger partial charge in [-0.1, -0.05) is 340 Å². The monoisotopic (exact) mass is 1450 g/mol. The number of para-hydroxylation sites is 4. The molecule has 2 aliphatic heterocycles. The van der Waals surface area contributed by atoms with Crippen LogP contribution in [0.2, 0.25) is 0 Å². The highest BCUT2D eigenvalue weighted by Crippen LogP contribution is 2.55. The van der Waals surface area contributed by atoms with E-state index in [9.17, 15) is 0 Å². The zero-order valence-corrected chi connectivity index (χ0v) is 69.3. The number of aromatic nitrogens is 2. The molecule has 0 amide bonds. The van der Waals surface area contributed by atoms with E-state index in [-0.39, 0.29) is 44.6 Å². The minimum Gasteiger partial charge on any atom is -0.311 e. The molecule has 0 N–H and O–H groups in total. The number of anilines is 6. The van der Waals surface area contributed by atoms with Crippen LogP contribution in [0.1, 0.15) is 184 Å². The summed E-state index contributed by atoms with van der Waals surface area (Å²) in [6.45, 7) is 49.7. The van der Waals surface area contributed by atoms with E-state index in [0.29, 0.717) is 0 Å². The molecule has 0 saturated carbocycles. The lowest BCUT2D eigenvalue weighted by molar-refractivity contribution is 0.571. The number of rotatable bonds is 8. The van der Waals surface area contributed by atoms with Crippen LogP contribution in [0.5, 0.6) is 0 Å². The van der Waals surface area contributed by atoms with E-state index < -0.39 is 0 Å². The highest BCUT2D eigenvalue weighted by Gasteiger charge is 2.46. The van der Waals surface area contributed by atoms with Crippen molar-refractivity contribution < 1.29 is 0 Å². The Kier molecular flexibility index (Phi) is 17.0. The second-order valence-corrected chi connectivity index (χ2v) is 39.1. The molecule has 4 nitrogen and oxygen atoms in total. The first-order chi connectivity index (χ1) is 52.5. The van der Waals surface area contributed by atoms with E-state index >= 15 is 0 Å². The summed E-state index contributed by atoms with van der Waals surface area (Å²) in [4.78, 5) is 5.51. The molecule has 15 aromatic rings. The molecule has 0 atom stereocenters. The molecule has 0 spiro atoms. The van der Waals surface area contributed by atoms with Crippen LogP contribution in [0.25, 0.3) is 99.5 Å². The van der Waals surface area contributed by atoms with Crippen LogP contribution in [-0.4, -0.2) is 15.8 Å². The van der Waals surface area contributed by atoms with E-state index in [2.05, 4.69) is 431 Å². The van der Waals surface area contributed by atoms with Gasteiger partial charge in [0.15, 0.2) is 0 Å². The lowest BCUT2D eigenvalue weighted by Gasteiger charge is -2.46. The Morgan fingerprint density at radius 2 is 0.541 bits per heavy atom. The summed E-state index contributed by atoms with van der Waals surface area (Å²) in [5.74, 6) is 0. The van der Waals surface area contributed by atoms with Crippen molar-refractivity contribution in [3.8, 4) is 55.9 Å². The van der Waals surface area contributed by atoms with Gasteiger partial charge in [0, 0.05) is 66.8 Å². The van der Waals surface area contributed by atoms with Crippen LogP contribution >= 0.6 is 0 Å². The first-order valence-corrected chi connectivity index (χ1v) is 40.3. The molecule has 2 aliphatic rings. The summed E-state index contributed by atoms with van der Waals surface area (Å²) in [5.41, 5.74) is 35.2. The third-order valence-electron chi connectivity index (χ3n) is 24.1. The SMILES string of the molecule is CC(C)(C)c1cccc(-c2ccc(-c3c(C(C)(C)C)cccc3C(C)(C)C)cc2N2c3cc(-n4c5ccccc5c5ccccc54)ccc3B3c4ccc(-n5c6ccccc6c6ccccc65)cc4N(c4cc(-c5c(C(C)(C)C)cccc5C(C)(C)C)ccc4-c4cccc(C(C)(C)C)c4)c4cc(C(C)(C)C)cc2c43)c1. The van der Waals surface area contributed by atoms with Crippen molar-refractivity contribution in [2.45, 2.75) is 183 Å². The summed E-state index contributed by atoms with van der Waals surface area (Å²) < 4.78 is 5.05. The summed E-state index contributed by atoms with van der Waals surface area (Å²) >= 11 is 0. The van der Waals surface area contributed by atoms with Crippen molar-refractivity contribution >= 4 is 101 Å². The van der Waals surface area contributed by atoms with Gasteiger partial charge < -0.3 is 18.9 Å². The molecule has 5 heteroatoms. The molecule has 0 saturated heterocycles. The Hall–Kier alpha value is -10.9. The molecule has 17 rings (SSSR count). The van der Waals surface area contributed by atoms with Gasteiger partial charge in [0.05, 0.1) is 33.4 Å². The van der Waals surface area contributed by atoms with Crippen LogP contribution < -0.4 is 26.2 Å². The molecule has 0 unspecified atom stereocenters. The minimum absolute atomic E-state index is 0.114. The second kappa shape index (κ2) is 25.9. The predicted octanol–water partition coefficient (Wildman–Crippen LogP) is 27.7. The number of benzene rings is 13. The average molecular weight is 1450 g/mol. The predicted molar refractivity (Wildman–Crippen MR) is 482 cm³/mol. The maximum atomic E-state index is 2.76. The number of nitrogens with zero attached hydrogens (tertiary/aromatic N) is 4. The van der Waals surface area contributed by atoms with Gasteiger partial charge >= 0.3 is 0 Å². The highest BCUT2D eigenvalue weighted by atomic mass is 15.2. The molecule has 4 heterocycles. The third-order valence-corrected chi connectivity index (χ3v) is 24.1. The minimum atomic E-state index is -0.341. The molecule has 2 aromatic heterocycles. The fourth-order valence-corrected chi connectivity index (χ4v) is 18.4. The van der Waals surface area contributed by atoms with E-state index in [1.165, 1.54) is 155 Å². The molecule has 111 heavy (non-hydrogen) atoms. The molecule has 554 valence electrons. The third kappa shape index (κ3) is 12.4. The average Bonchev–Trinajstić information content (AvgIpc) is 0.821. The molecule has 0 fully saturated rings. The second-order valence-electron chi connectivity index (χ2n) is 39.1. The van der Waals surface area contributed by atoms with Crippen molar-refractivity contribution in [3.05, 3.63) is 306 Å². The van der Waals surface area contributed by atoms with E-state index in [1.54, 1.807) is 0 Å². The van der Waals surface area contributed by atoms with Gasteiger partial charge in [0.2, 0.25) is 0 Å². The Morgan fingerprint density at radius 1 is 0.225 bits per heavy atom. The van der Waals surface area contributed by atoms with Crippen LogP contribution in [0.3, 0.4) is 0 Å². The van der Waals surface area contributed by atoms with Crippen molar-refractivity contribution in [1.29, 1.82) is 0 Å². The molecule has 0 bridgehead atoms. The quantitative estimate of drug-likeness (QED) is 0.141. The van der Waals surface area contributed by atoms with Gasteiger partial charge in [-0.3, -0.25) is 0 Å². The van der Waals surface area contributed by atoms with Crippen molar-refractivity contribution in [2.75, 3.05) is 9.80 Å². The molecular formula is C106H107BN4. The van der Waals surface area contributed by atoms with Crippen molar-refractivity contribution in [2.24, 2.45) is 0 Å². The zero-order valence-electron chi connectivity index (χ0n) is 69.3. The van der Waals surface area contributed by atoms with Gasteiger partial charge in [0.1, 0.15) is 0 Å². The van der Waals surface area contributed by atoms with E-state index in [0.717, 1.165) is 34.1 Å². The fraction of sp³-hybridized carbons (Fsp3) is 0.264. The zero-order chi connectivity index (χ0) is 78.1. The highest BCUT2D eigenvalue weighted by molar-refractivity contribution is 7.00. The van der Waals surface area contributed by atoms with Gasteiger partial charge in [0.25, 0.3) is 6.71 Å². The molecular weight excluding hydrogens is 1340 g/mol. The summed E-state index contributed by atoms with van der Waals surface area (Å²) in [7, 11) is 0. The van der Waals surface area contributed by atoms with E-state index in [4.69, 9.17) is 0 Å². The fourth-order valence-electron chi connectivity index (χ4n) is 18.4. The summed E-state index contributed by atoms with van der Waals surface area (Å²) in [6, 6.07) is 104. The maximum Gasteiger partial charge on any atom is 0.252 e. The van der Waals surface area contributed by atoms with Gasteiger partial charge in [-0.25, -0.2) is 0 Å². The normalized spacial score (nSPS) is 13.6. The summed E-state index contributed by atoms with van der Waals surface area (Å²) in [5, 5.41) is 4.94. The van der Waals surface area contributed by atoms with Crippen LogP contribution in [0.15, 0.2) is 267 Å². The van der Waals surface area contributed by atoms with E-state index in [1.807, 2.05) is 0 Å². The first-order valence-electron chi connectivity index (χ1n) is 40.3. The van der Waals surface area contributed by atoms with Gasteiger partial charge in [-0.15, -0.1) is 0 Å². The standard InChI is InChI=1S/C106H107BN4/c1-100(2,3)70-36-30-34-66(58-70)75-54-50-68(97-81(103(10,11)12)42-32-43-82(97)104(13,14)15)60-91(75)110-93-64-73(108-87-46-26-22-38-77(87)78-39-23-27-47-88(78)108)52-56-85(93)107-86-57-53-74(109-89-48-28-24-40-79(89)80-41-25-29-49-90(80)109)65-94(86)111(96-63-72(102(7,8)9)62-95(110)99(96)107)92-61-69(51-55-76(92)67-35-31-37-71(59-67)101(4,5)6)98-83(105(16,17)18)44-33-45-84(98)106(19,20)21/h22-65H,1-21H3. The number of hydrogen-bond acceptors (Lipinski definition) is 2. The van der Waals surface area contributed by atoms with Crippen LogP contribution in [0.4, 0.5) is 34.1 Å². The number of fused-ring (bicyclic) bond motifs is 10. The Morgan fingerprint density at radius 3 is 0.856 bits per heavy atom. The maximum absolute atomic E-state index is 2.76. The Bertz CT molecular complexity index is 5730. The Balaban J connectivity index is 1.07. The van der Waals surface area contributed by atoms with Crippen molar-refractivity contribution in [3.63, 3.8) is 0 Å². The largest absolute Gasteiger partial charge is 0.311 e. The lowest BCUT2D eigenvalue weighted by Crippen LogP contribution is -2.61. The van der Waals surface area contributed by atoms with Crippen molar-refractivity contribution in [1.82, 2.24) is 9.13 Å². The first kappa shape index (κ1) is 73.0. The lowest BCUT2D eigenvalue weighted by atomic mass is 9.33. The smallest absolute Gasteiger partial charge is 0.252 e. The Labute approximate surface area is 660 Å². The molecule has 0 aliphatic carbocycles. The summed E-state index contributed by atoms with van der Waals surface area (Å²) in [6.07, 6.45) is 0. The molecule has 0 radical (unpaired) electrons. The van der Waals surface area contributed by atoms with Gasteiger partial charge in [-0.2, -0.15) is 0 Å². The molecule has 13 aromatic carbocycles. The number of hydrogen-bond donors (Lipinski definition) is 0. The van der Waals surface area contributed by atoms with Gasteiger partial charge in [-0.05, 0) is 199 Å². The topological polar surface area (TPSA) is 16.3 Å².